The zero-order valence-corrected chi connectivity index (χ0v) is 9.80. The molecule has 0 spiro atoms. The van der Waals surface area contributed by atoms with Crippen molar-refractivity contribution in [1.29, 1.82) is 0 Å². The molecule has 90 valence electrons. The van der Waals surface area contributed by atoms with Crippen LogP contribution >= 0.6 is 0 Å². The first kappa shape index (κ1) is 9.88. The lowest BCUT2D eigenvalue weighted by molar-refractivity contribution is 0.0127. The van der Waals surface area contributed by atoms with E-state index in [4.69, 9.17) is 0 Å². The van der Waals surface area contributed by atoms with Gasteiger partial charge in [0.25, 0.3) is 11.8 Å². The number of hydrogen-bond acceptors (Lipinski definition) is 3. The quantitative estimate of drug-likeness (QED) is 0.704. The predicted octanol–water partition coefficient (Wildman–Crippen LogP) is 1.95. The van der Waals surface area contributed by atoms with Crippen LogP contribution in [0.2, 0.25) is 0 Å². The maximum Gasteiger partial charge on any atom is 0.280 e. The molecular weight excluding hydrogens is 228 g/mol. The van der Waals surface area contributed by atoms with Gasteiger partial charge in [-0.15, -0.1) is 0 Å². The van der Waals surface area contributed by atoms with Crippen molar-refractivity contribution in [3.05, 3.63) is 47.2 Å². The Balaban J connectivity index is 1.80. The Kier molecular flexibility index (Phi) is 1.77. The highest BCUT2D eigenvalue weighted by molar-refractivity contribution is 6.21. The van der Waals surface area contributed by atoms with Gasteiger partial charge >= 0.3 is 0 Å². The lowest BCUT2D eigenvalue weighted by Crippen LogP contribution is -2.45. The Bertz CT molecular complexity index is 571. The third-order valence-corrected chi connectivity index (χ3v) is 3.99. The highest BCUT2D eigenvalue weighted by Gasteiger charge is 2.46. The molecule has 0 aromatic heterocycles. The van der Waals surface area contributed by atoms with Crippen LogP contribution in [0.5, 0.6) is 0 Å². The molecule has 2 amide bonds. The molecular formula is C14H12N2O2. The van der Waals surface area contributed by atoms with Crippen LogP contribution in [-0.4, -0.2) is 27.9 Å². The third-order valence-electron chi connectivity index (χ3n) is 3.99. The van der Waals surface area contributed by atoms with Crippen molar-refractivity contribution in [3.63, 3.8) is 0 Å². The zero-order valence-electron chi connectivity index (χ0n) is 9.80. The Labute approximate surface area is 104 Å². The second-order valence-corrected chi connectivity index (χ2v) is 4.94. The van der Waals surface area contributed by atoms with Crippen LogP contribution in [0, 0.1) is 0 Å². The maximum atomic E-state index is 12.3. The summed E-state index contributed by atoms with van der Waals surface area (Å²) in [4.78, 5) is 24.7. The Morgan fingerprint density at radius 2 is 1.72 bits per heavy atom. The minimum atomic E-state index is -0.185. The number of imide groups is 1. The van der Waals surface area contributed by atoms with E-state index in [0.29, 0.717) is 17.2 Å². The second-order valence-electron chi connectivity index (χ2n) is 4.94. The summed E-state index contributed by atoms with van der Waals surface area (Å²) < 4.78 is 0. The number of rotatable bonds is 1. The Morgan fingerprint density at radius 1 is 1.06 bits per heavy atom. The summed E-state index contributed by atoms with van der Waals surface area (Å²) in [6.45, 7) is 0. The molecule has 0 N–H and O–H groups in total. The van der Waals surface area contributed by atoms with Crippen molar-refractivity contribution in [2.45, 2.75) is 25.3 Å². The monoisotopic (exact) mass is 240 g/mol. The topological polar surface area (TPSA) is 40.6 Å². The fraction of sp³-hybridized carbons (Fsp3) is 0.286. The van der Waals surface area contributed by atoms with Crippen LogP contribution in [0.15, 0.2) is 36.0 Å². The summed E-state index contributed by atoms with van der Waals surface area (Å²) in [5.74, 6) is -0.370. The predicted molar refractivity (Wildman–Crippen MR) is 64.5 cm³/mol. The molecule has 1 aromatic rings. The molecule has 18 heavy (non-hydrogen) atoms. The van der Waals surface area contributed by atoms with E-state index >= 15 is 0 Å². The number of carbonyl (C=O) groups is 2. The first-order chi connectivity index (χ1) is 8.77. The lowest BCUT2D eigenvalue weighted by Gasteiger charge is -2.30. The van der Waals surface area contributed by atoms with E-state index in [-0.39, 0.29) is 11.8 Å². The molecule has 0 aliphatic carbocycles. The van der Waals surface area contributed by atoms with Crippen LogP contribution in [0.4, 0.5) is 0 Å². The summed E-state index contributed by atoms with van der Waals surface area (Å²) in [5, 5.41) is 3.24. The molecule has 3 heterocycles. The fourth-order valence-corrected chi connectivity index (χ4v) is 3.14. The largest absolute Gasteiger partial charge is 0.280 e. The number of allylic oxidation sites excluding steroid dienone is 1. The van der Waals surface area contributed by atoms with E-state index in [2.05, 4.69) is 6.08 Å². The first-order valence-corrected chi connectivity index (χ1v) is 6.23. The van der Waals surface area contributed by atoms with Crippen LogP contribution in [0.3, 0.4) is 0 Å². The minimum absolute atomic E-state index is 0.185. The van der Waals surface area contributed by atoms with Gasteiger partial charge in [-0.3, -0.25) is 14.6 Å². The molecule has 1 saturated heterocycles. The molecule has 4 rings (SSSR count). The molecule has 0 saturated carbocycles. The van der Waals surface area contributed by atoms with Crippen LogP contribution in [0.25, 0.3) is 0 Å². The van der Waals surface area contributed by atoms with Crippen molar-refractivity contribution in [2.24, 2.45) is 0 Å². The molecule has 3 aliphatic rings. The molecule has 0 radical (unpaired) electrons. The number of hydrogen-bond donors (Lipinski definition) is 0. The number of carbonyl (C=O) groups excluding carboxylic acids is 2. The summed E-state index contributed by atoms with van der Waals surface area (Å²) >= 11 is 0. The number of nitrogens with zero attached hydrogens (tertiary/aromatic N) is 2. The average Bonchev–Trinajstić information content (AvgIpc) is 3.04. The zero-order chi connectivity index (χ0) is 12.3. The first-order valence-electron chi connectivity index (χ1n) is 6.23. The van der Waals surface area contributed by atoms with Gasteiger partial charge < -0.3 is 0 Å². The van der Waals surface area contributed by atoms with Gasteiger partial charge in [-0.1, -0.05) is 18.2 Å². The lowest BCUT2D eigenvalue weighted by atomic mass is 10.1. The number of fused-ring (bicyclic) bond motifs is 3. The number of benzene rings is 1. The van der Waals surface area contributed by atoms with E-state index in [9.17, 15) is 9.59 Å². The van der Waals surface area contributed by atoms with Gasteiger partial charge in [-0.05, 0) is 31.4 Å². The normalized spacial score (nSPS) is 24.9. The van der Waals surface area contributed by atoms with E-state index in [1.54, 1.807) is 24.3 Å². The van der Waals surface area contributed by atoms with Gasteiger partial charge in [-0.25, -0.2) is 0 Å². The van der Waals surface area contributed by atoms with Crippen molar-refractivity contribution in [3.8, 4) is 0 Å². The Morgan fingerprint density at radius 3 is 2.17 bits per heavy atom. The van der Waals surface area contributed by atoms with Crippen LogP contribution in [0.1, 0.15) is 40.0 Å². The van der Waals surface area contributed by atoms with E-state index in [0.717, 1.165) is 25.0 Å². The third kappa shape index (κ3) is 1.05. The molecule has 1 atom stereocenters. The van der Waals surface area contributed by atoms with Crippen LogP contribution in [-0.2, 0) is 0 Å². The highest BCUT2D eigenvalue weighted by Crippen LogP contribution is 2.40. The average molecular weight is 240 g/mol. The molecule has 4 heteroatoms. The molecule has 3 aliphatic heterocycles. The molecule has 2 bridgehead atoms. The van der Waals surface area contributed by atoms with Gasteiger partial charge in [0.1, 0.15) is 0 Å². The molecule has 1 fully saturated rings. The van der Waals surface area contributed by atoms with Crippen molar-refractivity contribution in [1.82, 2.24) is 10.0 Å². The summed E-state index contributed by atoms with van der Waals surface area (Å²) in [6.07, 6.45) is 5.10. The van der Waals surface area contributed by atoms with E-state index in [1.165, 1.54) is 5.01 Å². The van der Waals surface area contributed by atoms with Crippen molar-refractivity contribution >= 4 is 11.8 Å². The van der Waals surface area contributed by atoms with Crippen LogP contribution < -0.4 is 0 Å². The van der Waals surface area contributed by atoms with Gasteiger partial charge in [0.05, 0.1) is 17.2 Å². The summed E-state index contributed by atoms with van der Waals surface area (Å²) in [6, 6.07) is 7.34. The summed E-state index contributed by atoms with van der Waals surface area (Å²) in [7, 11) is 0. The van der Waals surface area contributed by atoms with Gasteiger partial charge in [0, 0.05) is 5.70 Å². The van der Waals surface area contributed by atoms with Gasteiger partial charge in [0.2, 0.25) is 0 Å². The summed E-state index contributed by atoms with van der Waals surface area (Å²) in [5.41, 5.74) is 2.17. The number of hydrazine groups is 1. The molecule has 1 unspecified atom stereocenters. The standard InChI is InChI=1S/C14H12N2O2/c17-13-11-3-1-2-4-12(11)14(18)16(13)15-9-5-6-10(15)8-7-9/h1-5,10H,6-8H2. The minimum Gasteiger partial charge on any atom is -0.276 e. The molecule has 4 nitrogen and oxygen atoms in total. The smallest absolute Gasteiger partial charge is 0.276 e. The second kappa shape index (κ2) is 3.22. The van der Waals surface area contributed by atoms with Gasteiger partial charge in [0.15, 0.2) is 0 Å². The van der Waals surface area contributed by atoms with Crippen molar-refractivity contribution in [2.75, 3.05) is 0 Å². The van der Waals surface area contributed by atoms with Gasteiger partial charge in [-0.2, -0.15) is 5.01 Å². The maximum absolute atomic E-state index is 12.3. The number of amides is 2. The molecule has 1 aromatic carbocycles. The van der Waals surface area contributed by atoms with Crippen molar-refractivity contribution < 1.29 is 9.59 Å². The van der Waals surface area contributed by atoms with E-state index in [1.807, 2.05) is 5.01 Å². The highest BCUT2D eigenvalue weighted by atomic mass is 16.2. The van der Waals surface area contributed by atoms with E-state index < -0.39 is 0 Å². The fourth-order valence-electron chi connectivity index (χ4n) is 3.14. The SMILES string of the molecule is O=C1c2ccccc2C(=O)N1N1C2=CCC1CC2. The Hall–Kier alpha value is -2.10.